The Morgan fingerprint density at radius 3 is 2.65 bits per heavy atom. The van der Waals surface area contributed by atoms with Gasteiger partial charge in [-0.15, -0.1) is 0 Å². The number of H-pyrrole nitrogens is 1. The van der Waals surface area contributed by atoms with Crippen molar-refractivity contribution < 1.29 is 32.4 Å². The smallest absolute Gasteiger partial charge is 0.490 e. The molecular formula is C26H27ClF3N9O4. The molecule has 0 aliphatic rings. The van der Waals surface area contributed by atoms with Crippen molar-refractivity contribution in [2.24, 2.45) is 0 Å². The highest BCUT2D eigenvalue weighted by molar-refractivity contribution is 6.30. The molecule has 0 saturated carbocycles. The lowest BCUT2D eigenvalue weighted by Crippen LogP contribution is -2.21. The standard InChI is InChI=1S/C24H26ClN9O2.C2HF3O2/c1-2-34-22-18(35-10-4-8-27-9-7-17-12-28-14-30-17)13-29-19(15-5-3-6-16(25)11-15)20(22)31-24(34)21-23(26)33-36-32-21;3-2(4,5)1(6)7/h3,5-6,11-14,27H,2,4,7-10H2,1H3,(H2,26,33)(H,28,30);(H,6,7). The van der Waals surface area contributed by atoms with Crippen molar-refractivity contribution >= 4 is 34.4 Å². The molecule has 0 spiro atoms. The van der Waals surface area contributed by atoms with E-state index in [4.69, 9.17) is 46.6 Å². The third-order valence-electron chi connectivity index (χ3n) is 5.99. The van der Waals surface area contributed by atoms with Crippen molar-refractivity contribution in [3.63, 3.8) is 0 Å². The van der Waals surface area contributed by atoms with Crippen molar-refractivity contribution in [3.05, 3.63) is 53.7 Å². The second kappa shape index (κ2) is 14.0. The van der Waals surface area contributed by atoms with E-state index < -0.39 is 12.1 Å². The third-order valence-corrected chi connectivity index (χ3v) is 6.22. The molecule has 43 heavy (non-hydrogen) atoms. The monoisotopic (exact) mass is 621 g/mol. The first-order valence-electron chi connectivity index (χ1n) is 12.9. The van der Waals surface area contributed by atoms with Gasteiger partial charge in [0.15, 0.2) is 23.1 Å². The zero-order valence-corrected chi connectivity index (χ0v) is 23.5. The summed E-state index contributed by atoms with van der Waals surface area (Å²) in [5.41, 5.74) is 10.4. The normalized spacial score (nSPS) is 11.4. The highest BCUT2D eigenvalue weighted by Gasteiger charge is 2.38. The maximum atomic E-state index is 10.6. The Labute approximate surface area is 247 Å². The fourth-order valence-electron chi connectivity index (χ4n) is 4.05. The van der Waals surface area contributed by atoms with Gasteiger partial charge >= 0.3 is 12.1 Å². The molecule has 0 fully saturated rings. The van der Waals surface area contributed by atoms with Gasteiger partial charge in [0, 0.05) is 36.3 Å². The van der Waals surface area contributed by atoms with Crippen LogP contribution in [0.1, 0.15) is 19.0 Å². The van der Waals surface area contributed by atoms with E-state index >= 15 is 0 Å². The SMILES string of the molecule is CCn1c(-c2nonc2N)nc2c(-c3cccc(Cl)c3)ncc(OCCCNCCc3c[nH]cn3)c21.O=C(O)C(F)(F)F. The molecule has 0 unspecified atom stereocenters. The third kappa shape index (κ3) is 7.78. The summed E-state index contributed by atoms with van der Waals surface area (Å²) in [5.74, 6) is -1.43. The van der Waals surface area contributed by atoms with Crippen LogP contribution in [0.4, 0.5) is 19.0 Å². The molecule has 0 amide bonds. The molecule has 0 radical (unpaired) electrons. The van der Waals surface area contributed by atoms with E-state index in [1.165, 1.54) is 0 Å². The van der Waals surface area contributed by atoms with Crippen LogP contribution in [0.25, 0.3) is 33.8 Å². The molecule has 17 heteroatoms. The first-order valence-corrected chi connectivity index (χ1v) is 13.3. The minimum atomic E-state index is -5.08. The molecule has 0 atom stereocenters. The number of rotatable bonds is 11. The van der Waals surface area contributed by atoms with Crippen LogP contribution >= 0.6 is 11.6 Å². The largest absolute Gasteiger partial charge is 0.490 e. The second-order valence-electron chi connectivity index (χ2n) is 8.92. The zero-order valence-electron chi connectivity index (χ0n) is 22.7. The van der Waals surface area contributed by atoms with Crippen LogP contribution in [-0.4, -0.2) is 71.8 Å². The lowest BCUT2D eigenvalue weighted by atomic mass is 10.1. The van der Waals surface area contributed by atoms with Crippen molar-refractivity contribution in [1.82, 2.24) is 40.1 Å². The van der Waals surface area contributed by atoms with Gasteiger partial charge in [-0.2, -0.15) is 13.2 Å². The lowest BCUT2D eigenvalue weighted by Gasteiger charge is -2.12. The van der Waals surface area contributed by atoms with Crippen LogP contribution in [-0.2, 0) is 17.8 Å². The summed E-state index contributed by atoms with van der Waals surface area (Å²) in [5, 5.41) is 18.8. The minimum Gasteiger partial charge on any atom is -0.490 e. The fraction of sp³-hybridized carbons (Fsp3) is 0.308. The van der Waals surface area contributed by atoms with E-state index in [0.29, 0.717) is 46.7 Å². The van der Waals surface area contributed by atoms with Crippen molar-refractivity contribution in [1.29, 1.82) is 0 Å². The highest BCUT2D eigenvalue weighted by atomic mass is 35.5. The summed E-state index contributed by atoms with van der Waals surface area (Å²) in [4.78, 5) is 25.6. The predicted molar refractivity (Wildman–Crippen MR) is 150 cm³/mol. The molecule has 0 aliphatic heterocycles. The number of carboxylic acids is 1. The number of aromatic amines is 1. The van der Waals surface area contributed by atoms with E-state index in [1.54, 1.807) is 12.5 Å². The van der Waals surface area contributed by atoms with Crippen LogP contribution in [0.5, 0.6) is 5.75 Å². The number of aryl methyl sites for hydroxylation is 1. The number of halogens is 4. The van der Waals surface area contributed by atoms with E-state index in [-0.39, 0.29) is 5.82 Å². The van der Waals surface area contributed by atoms with Gasteiger partial charge < -0.3 is 30.4 Å². The Balaban J connectivity index is 0.000000541. The summed E-state index contributed by atoms with van der Waals surface area (Å²) in [6.07, 6.45) is 1.94. The fourth-order valence-corrected chi connectivity index (χ4v) is 4.24. The van der Waals surface area contributed by atoms with Gasteiger partial charge in [-0.3, -0.25) is 0 Å². The number of aromatic nitrogens is 7. The maximum absolute atomic E-state index is 10.6. The molecule has 0 aliphatic carbocycles. The van der Waals surface area contributed by atoms with Gasteiger partial charge in [0.25, 0.3) is 0 Å². The van der Waals surface area contributed by atoms with Crippen LogP contribution in [0, 0.1) is 0 Å². The number of hydrogen-bond donors (Lipinski definition) is 4. The Bertz CT molecular complexity index is 1660. The highest BCUT2D eigenvalue weighted by Crippen LogP contribution is 2.37. The Hall–Kier alpha value is -4.70. The Morgan fingerprint density at radius 1 is 1.23 bits per heavy atom. The van der Waals surface area contributed by atoms with E-state index in [2.05, 4.69) is 25.6 Å². The number of imidazole rings is 2. The number of anilines is 1. The Kier molecular flexibility index (Phi) is 10.2. The molecule has 1 aromatic carbocycles. The number of pyridine rings is 1. The van der Waals surface area contributed by atoms with Crippen molar-refractivity contribution in [2.75, 3.05) is 25.4 Å². The number of benzene rings is 1. The summed E-state index contributed by atoms with van der Waals surface area (Å²) in [7, 11) is 0. The summed E-state index contributed by atoms with van der Waals surface area (Å²) in [6, 6.07) is 7.50. The summed E-state index contributed by atoms with van der Waals surface area (Å²) < 4.78 is 44.7. The van der Waals surface area contributed by atoms with Gasteiger partial charge in [-0.1, -0.05) is 23.7 Å². The average molecular weight is 622 g/mol. The zero-order chi connectivity index (χ0) is 31.0. The second-order valence-corrected chi connectivity index (χ2v) is 9.36. The van der Waals surface area contributed by atoms with Gasteiger partial charge in [-0.05, 0) is 42.3 Å². The number of carboxylic acid groups (broad SMARTS) is 1. The lowest BCUT2D eigenvalue weighted by molar-refractivity contribution is -0.192. The van der Waals surface area contributed by atoms with Crippen LogP contribution < -0.4 is 15.8 Å². The number of alkyl halides is 3. The predicted octanol–water partition coefficient (Wildman–Crippen LogP) is 4.36. The van der Waals surface area contributed by atoms with Crippen molar-refractivity contribution in [3.8, 4) is 28.5 Å². The van der Waals surface area contributed by atoms with Gasteiger partial charge in [0.1, 0.15) is 11.0 Å². The number of aliphatic carboxylic acids is 1. The Morgan fingerprint density at radius 2 is 2.02 bits per heavy atom. The van der Waals surface area contributed by atoms with E-state index in [9.17, 15) is 13.2 Å². The molecule has 5 aromatic rings. The molecule has 0 saturated heterocycles. The molecule has 5 rings (SSSR count). The average Bonchev–Trinajstić information content (AvgIpc) is 3.72. The number of nitrogen functional groups attached to an aromatic ring is 1. The topological polar surface area (TPSA) is 183 Å². The quantitative estimate of drug-likeness (QED) is 0.154. The maximum Gasteiger partial charge on any atom is 0.490 e. The summed E-state index contributed by atoms with van der Waals surface area (Å²) >= 11 is 6.26. The van der Waals surface area contributed by atoms with E-state index in [1.807, 2.05) is 42.0 Å². The number of nitrogens with one attached hydrogen (secondary N) is 2. The van der Waals surface area contributed by atoms with Gasteiger partial charge in [0.2, 0.25) is 0 Å². The number of nitrogens with two attached hydrogens (primary N) is 1. The molecule has 13 nitrogen and oxygen atoms in total. The van der Waals surface area contributed by atoms with Crippen LogP contribution in [0.15, 0.2) is 47.6 Å². The van der Waals surface area contributed by atoms with Crippen LogP contribution in [0.2, 0.25) is 5.02 Å². The molecule has 4 heterocycles. The molecule has 4 aromatic heterocycles. The number of fused-ring (bicyclic) bond motifs is 1. The van der Waals surface area contributed by atoms with E-state index in [0.717, 1.165) is 42.7 Å². The number of ether oxygens (including phenoxy) is 1. The number of nitrogens with zero attached hydrogens (tertiary/aromatic N) is 6. The van der Waals surface area contributed by atoms with Crippen molar-refractivity contribution in [2.45, 2.75) is 32.5 Å². The first-order chi connectivity index (χ1) is 20.6. The molecule has 228 valence electrons. The van der Waals surface area contributed by atoms with Crippen LogP contribution in [0.3, 0.4) is 0 Å². The molecule has 0 bridgehead atoms. The molecule has 5 N–H and O–H groups in total. The molecular weight excluding hydrogens is 595 g/mol. The van der Waals surface area contributed by atoms with Gasteiger partial charge in [-0.25, -0.2) is 24.4 Å². The van der Waals surface area contributed by atoms with Gasteiger partial charge in [0.05, 0.1) is 30.5 Å². The first kappa shape index (κ1) is 31.2. The number of hydrogen-bond acceptors (Lipinski definition) is 10. The summed E-state index contributed by atoms with van der Waals surface area (Å²) in [6.45, 7) is 4.80. The number of carbonyl (C=O) groups is 1. The minimum absolute atomic E-state index is 0.167.